The van der Waals surface area contributed by atoms with Gasteiger partial charge in [0, 0.05) is 6.04 Å². The average Bonchev–Trinajstić information content (AvgIpc) is 2.36. The van der Waals surface area contributed by atoms with Crippen molar-refractivity contribution in [1.29, 1.82) is 0 Å². The van der Waals surface area contributed by atoms with Gasteiger partial charge < -0.3 is 5.32 Å². The Morgan fingerprint density at radius 1 is 1.06 bits per heavy atom. The molecular weight excluding hydrogens is 206 g/mol. The molecule has 0 aromatic heterocycles. The highest BCUT2D eigenvalue weighted by Crippen LogP contribution is 2.29. The van der Waals surface area contributed by atoms with E-state index in [2.05, 4.69) is 57.3 Å². The van der Waals surface area contributed by atoms with Crippen molar-refractivity contribution in [3.05, 3.63) is 35.4 Å². The SMILES string of the molecule is CCCNC(c1ccccc1C)C(CC)CC. The zero-order valence-corrected chi connectivity index (χ0v) is 11.8. The van der Waals surface area contributed by atoms with E-state index in [4.69, 9.17) is 0 Å². The van der Waals surface area contributed by atoms with Gasteiger partial charge in [-0.25, -0.2) is 0 Å². The van der Waals surface area contributed by atoms with Crippen LogP contribution in [-0.2, 0) is 0 Å². The molecule has 0 saturated carbocycles. The second kappa shape index (κ2) is 7.50. The fourth-order valence-corrected chi connectivity index (χ4v) is 2.53. The van der Waals surface area contributed by atoms with Crippen molar-refractivity contribution in [2.45, 2.75) is 53.0 Å². The summed E-state index contributed by atoms with van der Waals surface area (Å²) in [5, 5.41) is 3.73. The van der Waals surface area contributed by atoms with Crippen molar-refractivity contribution in [3.8, 4) is 0 Å². The van der Waals surface area contributed by atoms with Crippen LogP contribution in [-0.4, -0.2) is 6.54 Å². The second-order valence-electron chi connectivity index (χ2n) is 4.86. The van der Waals surface area contributed by atoms with Crippen molar-refractivity contribution >= 4 is 0 Å². The van der Waals surface area contributed by atoms with Gasteiger partial charge in [-0.05, 0) is 36.9 Å². The van der Waals surface area contributed by atoms with Crippen LogP contribution in [0, 0.1) is 12.8 Å². The molecule has 1 atom stereocenters. The van der Waals surface area contributed by atoms with Gasteiger partial charge in [0.2, 0.25) is 0 Å². The number of benzene rings is 1. The number of hydrogen-bond acceptors (Lipinski definition) is 1. The van der Waals surface area contributed by atoms with Crippen LogP contribution >= 0.6 is 0 Å². The third-order valence-electron chi connectivity index (χ3n) is 3.66. The summed E-state index contributed by atoms with van der Waals surface area (Å²) >= 11 is 0. The van der Waals surface area contributed by atoms with Crippen LogP contribution in [0.25, 0.3) is 0 Å². The molecule has 0 fully saturated rings. The number of hydrogen-bond donors (Lipinski definition) is 1. The largest absolute Gasteiger partial charge is 0.310 e. The number of aryl methyl sites for hydroxylation is 1. The molecule has 1 rings (SSSR count). The summed E-state index contributed by atoms with van der Waals surface area (Å²) in [4.78, 5) is 0. The van der Waals surface area contributed by atoms with E-state index in [-0.39, 0.29) is 0 Å². The Morgan fingerprint density at radius 2 is 1.71 bits per heavy atom. The fraction of sp³-hybridized carbons (Fsp3) is 0.625. The van der Waals surface area contributed by atoms with Gasteiger partial charge >= 0.3 is 0 Å². The van der Waals surface area contributed by atoms with Crippen molar-refractivity contribution in [2.24, 2.45) is 5.92 Å². The lowest BCUT2D eigenvalue weighted by Gasteiger charge is -2.28. The molecule has 0 heterocycles. The minimum Gasteiger partial charge on any atom is -0.310 e. The third-order valence-corrected chi connectivity index (χ3v) is 3.66. The Morgan fingerprint density at radius 3 is 2.24 bits per heavy atom. The van der Waals surface area contributed by atoms with Crippen molar-refractivity contribution in [3.63, 3.8) is 0 Å². The molecule has 17 heavy (non-hydrogen) atoms. The summed E-state index contributed by atoms with van der Waals surface area (Å²) in [6, 6.07) is 9.30. The van der Waals surface area contributed by atoms with E-state index >= 15 is 0 Å². The molecule has 0 amide bonds. The molecule has 1 aromatic carbocycles. The molecule has 0 spiro atoms. The molecule has 1 heteroatoms. The molecule has 1 aromatic rings. The smallest absolute Gasteiger partial charge is 0.0351 e. The van der Waals surface area contributed by atoms with Gasteiger partial charge in [-0.15, -0.1) is 0 Å². The molecule has 0 saturated heterocycles. The first-order valence-corrected chi connectivity index (χ1v) is 7.03. The fourth-order valence-electron chi connectivity index (χ4n) is 2.53. The first-order valence-electron chi connectivity index (χ1n) is 7.03. The Balaban J connectivity index is 2.92. The first kappa shape index (κ1) is 14.2. The Labute approximate surface area is 107 Å². The molecule has 1 N–H and O–H groups in total. The Kier molecular flexibility index (Phi) is 6.28. The summed E-state index contributed by atoms with van der Waals surface area (Å²) in [7, 11) is 0. The summed E-state index contributed by atoms with van der Waals surface area (Å²) in [5.41, 5.74) is 2.89. The molecule has 96 valence electrons. The van der Waals surface area contributed by atoms with Crippen molar-refractivity contribution in [1.82, 2.24) is 5.32 Å². The minimum absolute atomic E-state index is 0.520. The minimum atomic E-state index is 0.520. The van der Waals surface area contributed by atoms with Gasteiger partial charge in [-0.3, -0.25) is 0 Å². The maximum Gasteiger partial charge on any atom is 0.0351 e. The summed E-state index contributed by atoms with van der Waals surface area (Å²) in [5.74, 6) is 0.739. The van der Waals surface area contributed by atoms with Gasteiger partial charge in [0.25, 0.3) is 0 Å². The van der Waals surface area contributed by atoms with Crippen LogP contribution in [0.4, 0.5) is 0 Å². The molecule has 1 unspecified atom stereocenters. The van der Waals surface area contributed by atoms with Gasteiger partial charge in [0.15, 0.2) is 0 Å². The van der Waals surface area contributed by atoms with Crippen LogP contribution < -0.4 is 5.32 Å². The number of nitrogens with one attached hydrogen (secondary N) is 1. The lowest BCUT2D eigenvalue weighted by Crippen LogP contribution is -2.29. The van der Waals surface area contributed by atoms with Crippen LogP contribution in [0.2, 0.25) is 0 Å². The van der Waals surface area contributed by atoms with Crippen LogP contribution in [0.1, 0.15) is 57.2 Å². The van der Waals surface area contributed by atoms with Gasteiger partial charge in [-0.2, -0.15) is 0 Å². The summed E-state index contributed by atoms with van der Waals surface area (Å²) in [6.45, 7) is 10.2. The normalized spacial score (nSPS) is 13.0. The molecule has 0 radical (unpaired) electrons. The second-order valence-corrected chi connectivity index (χ2v) is 4.86. The monoisotopic (exact) mass is 233 g/mol. The quantitative estimate of drug-likeness (QED) is 0.732. The summed E-state index contributed by atoms with van der Waals surface area (Å²) < 4.78 is 0. The molecule has 1 nitrogen and oxygen atoms in total. The Hall–Kier alpha value is -0.820. The highest BCUT2D eigenvalue weighted by atomic mass is 14.9. The predicted molar refractivity (Wildman–Crippen MR) is 76.3 cm³/mol. The topological polar surface area (TPSA) is 12.0 Å². The van der Waals surface area contributed by atoms with E-state index in [1.807, 2.05) is 0 Å². The van der Waals surface area contributed by atoms with Crippen LogP contribution in [0.15, 0.2) is 24.3 Å². The van der Waals surface area contributed by atoms with E-state index in [1.165, 1.54) is 30.4 Å². The molecule has 0 aliphatic carbocycles. The molecule has 0 bridgehead atoms. The highest BCUT2D eigenvalue weighted by Gasteiger charge is 2.20. The van der Waals surface area contributed by atoms with E-state index in [0.29, 0.717) is 6.04 Å². The lowest BCUT2D eigenvalue weighted by atomic mass is 9.87. The van der Waals surface area contributed by atoms with Crippen LogP contribution in [0.5, 0.6) is 0 Å². The standard InChI is InChI=1S/C16H27N/c1-5-12-17-16(14(6-2)7-3)15-11-9-8-10-13(15)4/h8-11,14,16-17H,5-7,12H2,1-4H3. The van der Waals surface area contributed by atoms with Gasteiger partial charge in [0.1, 0.15) is 0 Å². The van der Waals surface area contributed by atoms with Gasteiger partial charge in [0.05, 0.1) is 0 Å². The maximum absolute atomic E-state index is 3.73. The average molecular weight is 233 g/mol. The lowest BCUT2D eigenvalue weighted by molar-refractivity contribution is 0.340. The molecular formula is C16H27N. The summed E-state index contributed by atoms with van der Waals surface area (Å²) in [6.07, 6.45) is 3.68. The third kappa shape index (κ3) is 3.85. The van der Waals surface area contributed by atoms with Crippen molar-refractivity contribution < 1.29 is 0 Å². The van der Waals surface area contributed by atoms with E-state index in [9.17, 15) is 0 Å². The molecule has 0 aliphatic rings. The van der Waals surface area contributed by atoms with E-state index in [1.54, 1.807) is 0 Å². The molecule has 0 aliphatic heterocycles. The van der Waals surface area contributed by atoms with E-state index in [0.717, 1.165) is 12.5 Å². The van der Waals surface area contributed by atoms with Gasteiger partial charge in [-0.1, -0.05) is 57.9 Å². The van der Waals surface area contributed by atoms with Crippen molar-refractivity contribution in [2.75, 3.05) is 6.54 Å². The maximum atomic E-state index is 3.73. The Bertz CT molecular complexity index is 315. The number of rotatable bonds is 7. The zero-order chi connectivity index (χ0) is 12.7. The highest BCUT2D eigenvalue weighted by molar-refractivity contribution is 5.29. The zero-order valence-electron chi connectivity index (χ0n) is 11.8. The first-order chi connectivity index (χ1) is 8.24. The predicted octanol–water partition coefficient (Wildman–Crippen LogP) is 4.47. The van der Waals surface area contributed by atoms with Crippen LogP contribution in [0.3, 0.4) is 0 Å². The van der Waals surface area contributed by atoms with E-state index < -0.39 is 0 Å².